The van der Waals surface area contributed by atoms with Crippen LogP contribution in [0, 0.1) is 0 Å². The van der Waals surface area contributed by atoms with E-state index in [2.05, 4.69) is 15.0 Å². The van der Waals surface area contributed by atoms with E-state index >= 15 is 0 Å². The third-order valence-corrected chi connectivity index (χ3v) is 3.02. The van der Waals surface area contributed by atoms with Gasteiger partial charge in [0, 0.05) is 23.5 Å². The Labute approximate surface area is 126 Å². The number of rotatable bonds is 4. The molecule has 6 heteroatoms. The van der Waals surface area contributed by atoms with Crippen molar-refractivity contribution < 1.29 is 13.9 Å². The number of carbonyl (C=O) groups excluding carboxylic acids is 1. The lowest BCUT2D eigenvalue weighted by molar-refractivity contribution is 0.0525. The Bertz CT molecular complexity index is 750. The van der Waals surface area contributed by atoms with Gasteiger partial charge in [0.2, 0.25) is 0 Å². The van der Waals surface area contributed by atoms with E-state index in [4.69, 9.17) is 9.15 Å². The summed E-state index contributed by atoms with van der Waals surface area (Å²) >= 11 is 0. The summed E-state index contributed by atoms with van der Waals surface area (Å²) in [7, 11) is 0. The first-order chi connectivity index (χ1) is 10.8. The van der Waals surface area contributed by atoms with Gasteiger partial charge in [0.15, 0.2) is 18.0 Å². The first-order valence-electron chi connectivity index (χ1n) is 6.76. The molecule has 0 aliphatic heterocycles. The van der Waals surface area contributed by atoms with E-state index in [0.717, 1.165) is 11.1 Å². The van der Waals surface area contributed by atoms with Crippen molar-refractivity contribution in [3.05, 3.63) is 54.8 Å². The zero-order valence-electron chi connectivity index (χ0n) is 11.9. The summed E-state index contributed by atoms with van der Waals surface area (Å²) in [6.45, 7) is 2.08. The summed E-state index contributed by atoms with van der Waals surface area (Å²) in [4.78, 5) is 23.8. The minimum absolute atomic E-state index is 0.323. The number of esters is 1. The quantitative estimate of drug-likeness (QED) is 0.688. The molecule has 0 fully saturated rings. The van der Waals surface area contributed by atoms with Crippen molar-refractivity contribution in [2.75, 3.05) is 6.61 Å². The monoisotopic (exact) mass is 295 g/mol. The van der Waals surface area contributed by atoms with Crippen LogP contribution in [0.2, 0.25) is 0 Å². The molecule has 0 saturated heterocycles. The van der Waals surface area contributed by atoms with E-state index in [1.807, 2.05) is 24.3 Å². The highest BCUT2D eigenvalue weighted by Gasteiger charge is 2.09. The van der Waals surface area contributed by atoms with Crippen LogP contribution in [-0.2, 0) is 4.74 Å². The van der Waals surface area contributed by atoms with Crippen molar-refractivity contribution in [2.24, 2.45) is 0 Å². The van der Waals surface area contributed by atoms with Crippen molar-refractivity contribution >= 4 is 5.97 Å². The highest BCUT2D eigenvalue weighted by molar-refractivity contribution is 5.88. The van der Waals surface area contributed by atoms with Gasteiger partial charge < -0.3 is 9.15 Å². The molecule has 0 N–H and O–H groups in total. The van der Waals surface area contributed by atoms with Crippen LogP contribution in [-0.4, -0.2) is 27.5 Å². The summed E-state index contributed by atoms with van der Waals surface area (Å²) in [5.41, 5.74) is 2.10. The molecule has 2 aromatic heterocycles. The second kappa shape index (κ2) is 6.17. The predicted molar refractivity (Wildman–Crippen MR) is 78.9 cm³/mol. The average Bonchev–Trinajstić information content (AvgIpc) is 3.10. The zero-order chi connectivity index (χ0) is 15.4. The Kier molecular flexibility index (Phi) is 3.91. The van der Waals surface area contributed by atoms with Crippen molar-refractivity contribution in [1.29, 1.82) is 0 Å². The number of carbonyl (C=O) groups is 1. The topological polar surface area (TPSA) is 78.1 Å². The van der Waals surface area contributed by atoms with E-state index in [9.17, 15) is 4.79 Å². The van der Waals surface area contributed by atoms with Crippen LogP contribution < -0.4 is 0 Å². The predicted octanol–water partition coefficient (Wildman–Crippen LogP) is 2.98. The van der Waals surface area contributed by atoms with Crippen molar-refractivity contribution in [1.82, 2.24) is 15.0 Å². The molecule has 0 radical (unpaired) electrons. The van der Waals surface area contributed by atoms with Crippen molar-refractivity contribution in [3.63, 3.8) is 0 Å². The van der Waals surface area contributed by atoms with E-state index in [1.165, 1.54) is 18.8 Å². The van der Waals surface area contributed by atoms with E-state index in [1.54, 1.807) is 13.1 Å². The fourth-order valence-electron chi connectivity index (χ4n) is 1.94. The standard InChI is InChI=1S/C16H13N3O3/c1-2-21-16(20)13-7-18-15(19-8-13)12-5-3-11(4-6-12)14-9-17-10-22-14/h3-10H,2H2,1H3. The first kappa shape index (κ1) is 13.9. The van der Waals surface area contributed by atoms with Crippen LogP contribution in [0.1, 0.15) is 17.3 Å². The van der Waals surface area contributed by atoms with Crippen LogP contribution >= 0.6 is 0 Å². The second-order valence-corrected chi connectivity index (χ2v) is 4.46. The van der Waals surface area contributed by atoms with Crippen LogP contribution in [0.5, 0.6) is 0 Å². The maximum atomic E-state index is 11.5. The number of benzene rings is 1. The Hall–Kier alpha value is -3.02. The van der Waals surface area contributed by atoms with Crippen molar-refractivity contribution in [2.45, 2.75) is 6.92 Å². The minimum Gasteiger partial charge on any atom is -0.462 e. The summed E-state index contributed by atoms with van der Waals surface area (Å²) in [6.07, 6.45) is 5.97. The minimum atomic E-state index is -0.422. The molecule has 0 aliphatic rings. The molecule has 1 aromatic carbocycles. The Morgan fingerprint density at radius 1 is 1.09 bits per heavy atom. The molecule has 22 heavy (non-hydrogen) atoms. The molecule has 0 saturated carbocycles. The summed E-state index contributed by atoms with van der Waals surface area (Å²) in [5.74, 6) is 0.817. The number of hydrogen-bond acceptors (Lipinski definition) is 6. The third kappa shape index (κ3) is 2.85. The Morgan fingerprint density at radius 2 is 1.77 bits per heavy atom. The van der Waals surface area contributed by atoms with Gasteiger partial charge >= 0.3 is 5.97 Å². The average molecular weight is 295 g/mol. The summed E-state index contributed by atoms with van der Waals surface area (Å²) < 4.78 is 10.1. The largest absolute Gasteiger partial charge is 0.462 e. The normalized spacial score (nSPS) is 10.4. The molecule has 110 valence electrons. The van der Waals surface area contributed by atoms with Gasteiger partial charge in [-0.3, -0.25) is 0 Å². The molecule has 0 unspecified atom stereocenters. The lowest BCUT2D eigenvalue weighted by Gasteiger charge is -2.03. The van der Waals surface area contributed by atoms with Crippen LogP contribution in [0.3, 0.4) is 0 Å². The van der Waals surface area contributed by atoms with Gasteiger partial charge in [-0.2, -0.15) is 0 Å². The number of aromatic nitrogens is 3. The molecule has 2 heterocycles. The maximum Gasteiger partial charge on any atom is 0.341 e. The molecular weight excluding hydrogens is 282 g/mol. The molecule has 0 amide bonds. The second-order valence-electron chi connectivity index (χ2n) is 4.46. The van der Waals surface area contributed by atoms with Gasteiger partial charge in [0.1, 0.15) is 0 Å². The fraction of sp³-hybridized carbons (Fsp3) is 0.125. The molecule has 0 aliphatic carbocycles. The van der Waals surface area contributed by atoms with E-state index < -0.39 is 5.97 Å². The Morgan fingerprint density at radius 3 is 2.36 bits per heavy atom. The van der Waals surface area contributed by atoms with Crippen LogP contribution in [0.4, 0.5) is 0 Å². The van der Waals surface area contributed by atoms with Gasteiger partial charge in [-0.05, 0) is 6.92 Å². The number of oxazole rings is 1. The van der Waals surface area contributed by atoms with Gasteiger partial charge in [0.05, 0.1) is 18.4 Å². The number of nitrogens with zero attached hydrogens (tertiary/aromatic N) is 3. The molecule has 0 spiro atoms. The van der Waals surface area contributed by atoms with E-state index in [-0.39, 0.29) is 0 Å². The lowest BCUT2D eigenvalue weighted by Crippen LogP contribution is -2.06. The van der Waals surface area contributed by atoms with Crippen LogP contribution in [0.15, 0.2) is 53.7 Å². The summed E-state index contributed by atoms with van der Waals surface area (Å²) in [5, 5.41) is 0. The molecular formula is C16H13N3O3. The number of hydrogen-bond donors (Lipinski definition) is 0. The molecule has 3 rings (SSSR count). The lowest BCUT2D eigenvalue weighted by atomic mass is 10.1. The molecule has 0 bridgehead atoms. The van der Waals surface area contributed by atoms with E-state index in [0.29, 0.717) is 23.8 Å². The smallest absolute Gasteiger partial charge is 0.341 e. The zero-order valence-corrected chi connectivity index (χ0v) is 11.9. The molecule has 0 atom stereocenters. The van der Waals surface area contributed by atoms with Gasteiger partial charge in [0.25, 0.3) is 0 Å². The van der Waals surface area contributed by atoms with Crippen LogP contribution in [0.25, 0.3) is 22.7 Å². The van der Waals surface area contributed by atoms with Gasteiger partial charge in [-0.1, -0.05) is 24.3 Å². The first-order valence-corrected chi connectivity index (χ1v) is 6.76. The van der Waals surface area contributed by atoms with Crippen molar-refractivity contribution in [3.8, 4) is 22.7 Å². The van der Waals surface area contributed by atoms with Gasteiger partial charge in [-0.25, -0.2) is 19.7 Å². The Balaban J connectivity index is 1.81. The SMILES string of the molecule is CCOC(=O)c1cnc(-c2ccc(-c3cnco3)cc2)nc1. The highest BCUT2D eigenvalue weighted by atomic mass is 16.5. The number of ether oxygens (including phenoxy) is 1. The fourth-order valence-corrected chi connectivity index (χ4v) is 1.94. The molecule has 3 aromatic rings. The summed E-state index contributed by atoms with van der Waals surface area (Å²) in [6, 6.07) is 7.57. The highest BCUT2D eigenvalue weighted by Crippen LogP contribution is 2.22. The van der Waals surface area contributed by atoms with Gasteiger partial charge in [-0.15, -0.1) is 0 Å². The third-order valence-electron chi connectivity index (χ3n) is 3.02. The maximum absolute atomic E-state index is 11.5. The molecule has 6 nitrogen and oxygen atoms in total.